The molecule has 0 fully saturated rings. The summed E-state index contributed by atoms with van der Waals surface area (Å²) in [6.45, 7) is 1.51. The third kappa shape index (κ3) is 4.91. The lowest BCUT2D eigenvalue weighted by atomic mass is 10.2. The van der Waals surface area contributed by atoms with Crippen LogP contribution in [0.2, 0.25) is 5.02 Å². The van der Waals surface area contributed by atoms with Gasteiger partial charge in [0.25, 0.3) is 0 Å². The van der Waals surface area contributed by atoms with E-state index in [4.69, 9.17) is 22.5 Å². The molecule has 0 unspecified atom stereocenters. The lowest BCUT2D eigenvalue weighted by molar-refractivity contribution is 0.576. The van der Waals surface area contributed by atoms with E-state index in [1.54, 1.807) is 6.92 Å². The van der Waals surface area contributed by atoms with Crippen molar-refractivity contribution in [2.24, 2.45) is 5.14 Å². The van der Waals surface area contributed by atoms with E-state index in [-0.39, 0.29) is 34.3 Å². The Hall–Kier alpha value is -0.870. The SMILES string of the molecule is Cc1c(N)cc(Cl)cc1S(=O)(=O)NCCCS(N)(=O)=O. The van der Waals surface area contributed by atoms with Crippen molar-refractivity contribution in [1.29, 1.82) is 0 Å². The molecule has 7 nitrogen and oxygen atoms in total. The van der Waals surface area contributed by atoms with Gasteiger partial charge in [0, 0.05) is 17.3 Å². The first kappa shape index (κ1) is 17.2. The first-order valence-corrected chi connectivity index (χ1v) is 9.16. The second-order valence-corrected chi connectivity index (χ2v) is 8.14. The predicted octanol–water partition coefficient (Wildman–Crippen LogP) is 0.188. The molecule has 1 aromatic rings. The summed E-state index contributed by atoms with van der Waals surface area (Å²) < 4.78 is 47.9. The molecule has 0 heterocycles. The number of benzene rings is 1. The van der Waals surface area contributed by atoms with Crippen molar-refractivity contribution in [2.45, 2.75) is 18.2 Å². The summed E-state index contributed by atoms with van der Waals surface area (Å²) in [5.41, 5.74) is 6.31. The Morgan fingerprint density at radius 1 is 1.25 bits per heavy atom. The lowest BCUT2D eigenvalue weighted by Crippen LogP contribution is -2.28. The Labute approximate surface area is 123 Å². The van der Waals surface area contributed by atoms with E-state index in [9.17, 15) is 16.8 Å². The van der Waals surface area contributed by atoms with Crippen LogP contribution in [0.5, 0.6) is 0 Å². The molecule has 114 valence electrons. The minimum atomic E-state index is -3.80. The number of anilines is 1. The Morgan fingerprint density at radius 2 is 1.85 bits per heavy atom. The molecule has 0 aliphatic carbocycles. The van der Waals surface area contributed by atoms with Gasteiger partial charge in [-0.3, -0.25) is 0 Å². The Bertz CT molecular complexity index is 701. The van der Waals surface area contributed by atoms with Crippen LogP contribution in [0.25, 0.3) is 0 Å². The molecule has 0 amide bonds. The smallest absolute Gasteiger partial charge is 0.240 e. The van der Waals surface area contributed by atoms with E-state index in [2.05, 4.69) is 4.72 Å². The Morgan fingerprint density at radius 3 is 2.40 bits per heavy atom. The second-order valence-electron chi connectivity index (χ2n) is 4.24. The fourth-order valence-electron chi connectivity index (χ4n) is 1.51. The van der Waals surface area contributed by atoms with E-state index in [0.29, 0.717) is 5.56 Å². The van der Waals surface area contributed by atoms with Crippen LogP contribution in [0.4, 0.5) is 5.69 Å². The molecule has 0 aliphatic rings. The predicted molar refractivity (Wildman–Crippen MR) is 78.4 cm³/mol. The normalized spacial score (nSPS) is 12.6. The molecule has 0 radical (unpaired) electrons. The molecule has 0 saturated carbocycles. The van der Waals surface area contributed by atoms with Gasteiger partial charge < -0.3 is 5.73 Å². The van der Waals surface area contributed by atoms with Crippen LogP contribution in [0.3, 0.4) is 0 Å². The summed E-state index contributed by atoms with van der Waals surface area (Å²) in [6.07, 6.45) is 0.0765. The monoisotopic (exact) mass is 341 g/mol. The zero-order valence-electron chi connectivity index (χ0n) is 10.8. The number of nitrogens with two attached hydrogens (primary N) is 2. The summed E-state index contributed by atoms with van der Waals surface area (Å²) in [5.74, 6) is -0.299. The molecule has 0 atom stereocenters. The number of halogens is 1. The van der Waals surface area contributed by atoms with Gasteiger partial charge in [-0.15, -0.1) is 0 Å². The number of primary sulfonamides is 1. The molecular weight excluding hydrogens is 326 g/mol. The number of sulfonamides is 2. The molecule has 10 heteroatoms. The van der Waals surface area contributed by atoms with Crippen molar-refractivity contribution in [3.05, 3.63) is 22.7 Å². The molecule has 0 aliphatic heterocycles. The minimum Gasteiger partial charge on any atom is -0.398 e. The fourth-order valence-corrected chi connectivity index (χ4v) is 3.72. The van der Waals surface area contributed by atoms with Gasteiger partial charge in [-0.25, -0.2) is 26.7 Å². The molecule has 0 bridgehead atoms. The molecule has 1 rings (SSSR count). The minimum absolute atomic E-state index is 0.0295. The van der Waals surface area contributed by atoms with Crippen molar-refractivity contribution in [2.75, 3.05) is 18.0 Å². The zero-order chi connectivity index (χ0) is 15.6. The van der Waals surface area contributed by atoms with Crippen molar-refractivity contribution in [3.8, 4) is 0 Å². The van der Waals surface area contributed by atoms with Crippen LogP contribution in [0.1, 0.15) is 12.0 Å². The van der Waals surface area contributed by atoms with Crippen molar-refractivity contribution < 1.29 is 16.8 Å². The zero-order valence-corrected chi connectivity index (χ0v) is 13.1. The van der Waals surface area contributed by atoms with Gasteiger partial charge in [0.1, 0.15) is 0 Å². The van der Waals surface area contributed by atoms with Gasteiger partial charge in [0.2, 0.25) is 20.0 Å². The number of nitrogens with one attached hydrogen (secondary N) is 1. The third-order valence-corrected chi connectivity index (χ3v) is 5.22. The van der Waals surface area contributed by atoms with E-state index in [0.717, 1.165) is 0 Å². The average Bonchev–Trinajstić information content (AvgIpc) is 2.28. The van der Waals surface area contributed by atoms with Crippen LogP contribution < -0.4 is 15.6 Å². The Balaban J connectivity index is 2.85. The molecule has 0 spiro atoms. The van der Waals surface area contributed by atoms with Crippen molar-refractivity contribution in [3.63, 3.8) is 0 Å². The van der Waals surface area contributed by atoms with E-state index >= 15 is 0 Å². The summed E-state index contributed by atoms with van der Waals surface area (Å²) >= 11 is 5.78. The maximum absolute atomic E-state index is 12.1. The van der Waals surface area contributed by atoms with E-state index in [1.165, 1.54) is 12.1 Å². The maximum Gasteiger partial charge on any atom is 0.240 e. The molecule has 0 saturated heterocycles. The maximum atomic E-state index is 12.1. The number of hydrogen-bond acceptors (Lipinski definition) is 5. The highest BCUT2D eigenvalue weighted by molar-refractivity contribution is 7.89. The third-order valence-electron chi connectivity index (χ3n) is 2.55. The van der Waals surface area contributed by atoms with Gasteiger partial charge in [0.05, 0.1) is 10.6 Å². The second kappa shape index (κ2) is 6.27. The highest BCUT2D eigenvalue weighted by Crippen LogP contribution is 2.25. The fraction of sp³-hybridized carbons (Fsp3) is 0.400. The quantitative estimate of drug-likeness (QED) is 0.501. The molecular formula is C10H16ClN3O4S2. The summed E-state index contributed by atoms with van der Waals surface area (Å²) in [7, 11) is -7.41. The van der Waals surface area contributed by atoms with Crippen LogP contribution in [0, 0.1) is 6.92 Å². The van der Waals surface area contributed by atoms with Crippen LogP contribution in [-0.4, -0.2) is 29.1 Å². The molecule has 20 heavy (non-hydrogen) atoms. The van der Waals surface area contributed by atoms with Crippen molar-refractivity contribution >= 4 is 37.3 Å². The van der Waals surface area contributed by atoms with Gasteiger partial charge in [-0.2, -0.15) is 0 Å². The molecule has 5 N–H and O–H groups in total. The first-order valence-electron chi connectivity index (χ1n) is 5.59. The van der Waals surface area contributed by atoms with Crippen LogP contribution in [-0.2, 0) is 20.0 Å². The topological polar surface area (TPSA) is 132 Å². The van der Waals surface area contributed by atoms with E-state index in [1.807, 2.05) is 0 Å². The number of nitrogen functional groups attached to an aromatic ring is 1. The van der Waals surface area contributed by atoms with Gasteiger partial charge in [0.15, 0.2) is 0 Å². The standard InChI is InChI=1S/C10H16ClN3O4S2/c1-7-9(12)5-8(11)6-10(7)20(17,18)14-3-2-4-19(13,15)16/h5-6,14H,2-4,12H2,1H3,(H2,13,15,16). The number of hydrogen-bond donors (Lipinski definition) is 3. The lowest BCUT2D eigenvalue weighted by Gasteiger charge is -2.11. The first-order chi connectivity index (χ1) is 9.03. The Kier molecular flexibility index (Phi) is 5.39. The van der Waals surface area contributed by atoms with Crippen LogP contribution >= 0.6 is 11.6 Å². The van der Waals surface area contributed by atoms with Gasteiger partial charge >= 0.3 is 0 Å². The molecule has 0 aromatic heterocycles. The van der Waals surface area contributed by atoms with Crippen molar-refractivity contribution in [1.82, 2.24) is 4.72 Å². The highest BCUT2D eigenvalue weighted by Gasteiger charge is 2.18. The van der Waals surface area contributed by atoms with Gasteiger partial charge in [-0.05, 0) is 31.0 Å². The van der Waals surface area contributed by atoms with E-state index < -0.39 is 20.0 Å². The largest absolute Gasteiger partial charge is 0.398 e. The highest BCUT2D eigenvalue weighted by atomic mass is 35.5. The average molecular weight is 342 g/mol. The summed E-state index contributed by atoms with van der Waals surface area (Å²) in [6, 6.07) is 2.74. The summed E-state index contributed by atoms with van der Waals surface area (Å²) in [5, 5.41) is 5.03. The summed E-state index contributed by atoms with van der Waals surface area (Å²) in [4.78, 5) is -0.0295. The molecule has 1 aromatic carbocycles. The van der Waals surface area contributed by atoms with Gasteiger partial charge in [-0.1, -0.05) is 11.6 Å². The number of rotatable bonds is 6. The van der Waals surface area contributed by atoms with Crippen LogP contribution in [0.15, 0.2) is 17.0 Å².